The van der Waals surface area contributed by atoms with Crippen molar-refractivity contribution >= 4 is 11.6 Å². The van der Waals surface area contributed by atoms with Gasteiger partial charge in [0.05, 0.1) is 0 Å². The summed E-state index contributed by atoms with van der Waals surface area (Å²) >= 11 is 5.88. The van der Waals surface area contributed by atoms with E-state index >= 15 is 0 Å². The molecule has 0 heterocycles. The minimum atomic E-state index is 0.0712. The number of nitrogens with two attached hydrogens (primary N) is 1. The van der Waals surface area contributed by atoms with Crippen LogP contribution in [-0.2, 0) is 6.42 Å². The number of benzene rings is 2. The standard InChI is InChI=1S/C16H18ClN/c1-12(11-13-7-9-15(17)10-8-13)16(18)14-5-3-2-4-6-14/h2-10,12,16H,11,18H2,1H3. The first-order valence-corrected chi connectivity index (χ1v) is 6.59. The van der Waals surface area contributed by atoms with E-state index in [0.717, 1.165) is 11.4 Å². The summed E-state index contributed by atoms with van der Waals surface area (Å²) in [6.07, 6.45) is 0.966. The summed E-state index contributed by atoms with van der Waals surface area (Å²) in [5.41, 5.74) is 8.76. The quantitative estimate of drug-likeness (QED) is 0.874. The van der Waals surface area contributed by atoms with Crippen molar-refractivity contribution in [2.45, 2.75) is 19.4 Å². The molecule has 94 valence electrons. The van der Waals surface area contributed by atoms with Crippen LogP contribution < -0.4 is 5.73 Å². The summed E-state index contributed by atoms with van der Waals surface area (Å²) in [6.45, 7) is 2.19. The zero-order valence-corrected chi connectivity index (χ0v) is 11.3. The molecule has 2 rings (SSSR count). The predicted octanol–water partition coefficient (Wildman–Crippen LogP) is 4.22. The van der Waals surface area contributed by atoms with Crippen molar-refractivity contribution in [3.63, 3.8) is 0 Å². The molecule has 2 heteroatoms. The van der Waals surface area contributed by atoms with Gasteiger partial charge in [-0.05, 0) is 35.6 Å². The molecule has 0 aliphatic heterocycles. The fourth-order valence-electron chi connectivity index (χ4n) is 2.12. The lowest BCUT2D eigenvalue weighted by Crippen LogP contribution is -2.20. The molecule has 0 radical (unpaired) electrons. The Kier molecular flexibility index (Phi) is 4.40. The Hall–Kier alpha value is -1.31. The van der Waals surface area contributed by atoms with Crippen LogP contribution in [0.2, 0.25) is 5.02 Å². The van der Waals surface area contributed by atoms with Gasteiger partial charge in [0.2, 0.25) is 0 Å². The van der Waals surface area contributed by atoms with Crippen LogP contribution in [0.1, 0.15) is 24.1 Å². The van der Waals surface area contributed by atoms with Crippen molar-refractivity contribution in [1.29, 1.82) is 0 Å². The maximum Gasteiger partial charge on any atom is 0.0406 e. The van der Waals surface area contributed by atoms with Gasteiger partial charge in [-0.2, -0.15) is 0 Å². The smallest absolute Gasteiger partial charge is 0.0406 e. The van der Waals surface area contributed by atoms with Crippen LogP contribution in [0.25, 0.3) is 0 Å². The number of hydrogen-bond acceptors (Lipinski definition) is 1. The molecule has 0 amide bonds. The van der Waals surface area contributed by atoms with Crippen molar-refractivity contribution < 1.29 is 0 Å². The molecule has 2 unspecified atom stereocenters. The van der Waals surface area contributed by atoms with E-state index in [1.165, 1.54) is 11.1 Å². The van der Waals surface area contributed by atoms with E-state index in [2.05, 4.69) is 31.2 Å². The highest BCUT2D eigenvalue weighted by Gasteiger charge is 2.14. The normalized spacial score (nSPS) is 14.2. The summed E-state index contributed by atoms with van der Waals surface area (Å²) in [4.78, 5) is 0. The third-order valence-corrected chi connectivity index (χ3v) is 3.52. The van der Waals surface area contributed by atoms with E-state index in [1.807, 2.05) is 30.3 Å². The van der Waals surface area contributed by atoms with Gasteiger partial charge in [0.15, 0.2) is 0 Å². The second-order valence-corrected chi connectivity index (χ2v) is 5.18. The van der Waals surface area contributed by atoms with Gasteiger partial charge in [-0.15, -0.1) is 0 Å². The van der Waals surface area contributed by atoms with E-state index < -0.39 is 0 Å². The molecule has 0 aliphatic rings. The van der Waals surface area contributed by atoms with Crippen LogP contribution >= 0.6 is 11.6 Å². The van der Waals surface area contributed by atoms with E-state index in [1.54, 1.807) is 0 Å². The molecule has 0 saturated carbocycles. The van der Waals surface area contributed by atoms with Gasteiger partial charge in [0.25, 0.3) is 0 Å². The first kappa shape index (κ1) is 13.1. The molecule has 2 aromatic rings. The molecule has 18 heavy (non-hydrogen) atoms. The second-order valence-electron chi connectivity index (χ2n) is 4.74. The van der Waals surface area contributed by atoms with Crippen LogP contribution in [0.15, 0.2) is 54.6 Å². The van der Waals surface area contributed by atoms with Gasteiger partial charge >= 0.3 is 0 Å². The van der Waals surface area contributed by atoms with E-state index in [9.17, 15) is 0 Å². The van der Waals surface area contributed by atoms with Crippen molar-refractivity contribution in [1.82, 2.24) is 0 Å². The Bertz CT molecular complexity index is 478. The zero-order chi connectivity index (χ0) is 13.0. The molecule has 0 fully saturated rings. The molecule has 0 aliphatic carbocycles. The molecule has 0 saturated heterocycles. The number of rotatable bonds is 4. The van der Waals surface area contributed by atoms with Crippen LogP contribution in [0.3, 0.4) is 0 Å². The largest absolute Gasteiger partial charge is 0.324 e. The molecular weight excluding hydrogens is 242 g/mol. The summed E-state index contributed by atoms with van der Waals surface area (Å²) in [5, 5.41) is 0.777. The van der Waals surface area contributed by atoms with Crippen molar-refractivity contribution in [2.24, 2.45) is 11.7 Å². The summed E-state index contributed by atoms with van der Waals surface area (Å²) in [6, 6.07) is 18.3. The monoisotopic (exact) mass is 259 g/mol. The van der Waals surface area contributed by atoms with E-state index in [-0.39, 0.29) is 6.04 Å². The first-order chi connectivity index (χ1) is 8.66. The van der Waals surface area contributed by atoms with Crippen molar-refractivity contribution in [2.75, 3.05) is 0 Å². The SMILES string of the molecule is CC(Cc1ccc(Cl)cc1)C(N)c1ccccc1. The van der Waals surface area contributed by atoms with Crippen molar-refractivity contribution in [3.8, 4) is 0 Å². The van der Waals surface area contributed by atoms with Crippen LogP contribution in [0, 0.1) is 5.92 Å². The molecule has 0 aromatic heterocycles. The lowest BCUT2D eigenvalue weighted by atomic mass is 9.90. The molecular formula is C16H18ClN. The molecule has 0 bridgehead atoms. The Balaban J connectivity index is 2.03. The molecule has 2 atom stereocenters. The van der Waals surface area contributed by atoms with E-state index in [4.69, 9.17) is 17.3 Å². The second kappa shape index (κ2) is 6.03. The maximum atomic E-state index is 6.29. The summed E-state index contributed by atoms with van der Waals surface area (Å²) in [7, 11) is 0. The lowest BCUT2D eigenvalue weighted by Gasteiger charge is -2.20. The van der Waals surface area contributed by atoms with Gasteiger partial charge in [-0.1, -0.05) is 61.0 Å². The minimum Gasteiger partial charge on any atom is -0.324 e. The van der Waals surface area contributed by atoms with Gasteiger partial charge < -0.3 is 5.73 Å². The van der Waals surface area contributed by atoms with Crippen LogP contribution in [0.4, 0.5) is 0 Å². The van der Waals surface area contributed by atoms with Gasteiger partial charge in [0, 0.05) is 11.1 Å². The van der Waals surface area contributed by atoms with E-state index in [0.29, 0.717) is 5.92 Å². The topological polar surface area (TPSA) is 26.0 Å². The Morgan fingerprint density at radius 1 is 1.00 bits per heavy atom. The average Bonchev–Trinajstić information content (AvgIpc) is 2.41. The third-order valence-electron chi connectivity index (χ3n) is 3.27. The van der Waals surface area contributed by atoms with Gasteiger partial charge in [0.1, 0.15) is 0 Å². The highest BCUT2D eigenvalue weighted by atomic mass is 35.5. The van der Waals surface area contributed by atoms with Crippen LogP contribution in [-0.4, -0.2) is 0 Å². The van der Waals surface area contributed by atoms with Crippen molar-refractivity contribution in [3.05, 3.63) is 70.7 Å². The number of hydrogen-bond donors (Lipinski definition) is 1. The summed E-state index contributed by atoms with van der Waals surface area (Å²) in [5.74, 6) is 0.397. The Morgan fingerprint density at radius 3 is 2.22 bits per heavy atom. The molecule has 2 N–H and O–H groups in total. The first-order valence-electron chi connectivity index (χ1n) is 6.22. The third kappa shape index (κ3) is 3.34. The Labute approximate surface area is 114 Å². The highest BCUT2D eigenvalue weighted by molar-refractivity contribution is 6.30. The predicted molar refractivity (Wildman–Crippen MR) is 77.7 cm³/mol. The molecule has 0 spiro atoms. The minimum absolute atomic E-state index is 0.0712. The average molecular weight is 260 g/mol. The number of halogens is 1. The fourth-order valence-corrected chi connectivity index (χ4v) is 2.25. The van der Waals surface area contributed by atoms with Crippen LogP contribution in [0.5, 0.6) is 0 Å². The fraction of sp³-hybridized carbons (Fsp3) is 0.250. The molecule has 1 nitrogen and oxygen atoms in total. The Morgan fingerprint density at radius 2 is 1.61 bits per heavy atom. The molecule has 2 aromatic carbocycles. The lowest BCUT2D eigenvalue weighted by molar-refractivity contribution is 0.468. The maximum absolute atomic E-state index is 6.29. The highest BCUT2D eigenvalue weighted by Crippen LogP contribution is 2.23. The van der Waals surface area contributed by atoms with Gasteiger partial charge in [-0.25, -0.2) is 0 Å². The zero-order valence-electron chi connectivity index (χ0n) is 10.5. The van der Waals surface area contributed by atoms with Gasteiger partial charge in [-0.3, -0.25) is 0 Å². The summed E-state index contributed by atoms with van der Waals surface area (Å²) < 4.78 is 0.